The van der Waals surface area contributed by atoms with Crippen molar-refractivity contribution in [3.8, 4) is 0 Å². The third-order valence-electron chi connectivity index (χ3n) is 12.9. The van der Waals surface area contributed by atoms with Crippen LogP contribution in [0.1, 0.15) is 239 Å². The van der Waals surface area contributed by atoms with Gasteiger partial charge in [0.15, 0.2) is 24.6 Å². The maximum atomic E-state index is 13.1. The number of hydrogen-bond donors (Lipinski definition) is 3. The average molecular weight is 1050 g/mol. The van der Waals surface area contributed by atoms with E-state index in [2.05, 4.69) is 106 Å². The molecule has 6 atom stereocenters. The first-order chi connectivity index (χ1) is 36.6. The van der Waals surface area contributed by atoms with Crippen LogP contribution in [0, 0.1) is 0 Å². The number of unbranched alkanes of at least 4 members (excludes halogenated alkanes) is 21. The summed E-state index contributed by atoms with van der Waals surface area (Å²) in [6.45, 7) is 5.77. The van der Waals surface area contributed by atoms with E-state index in [1.165, 1.54) is 25.7 Å². The van der Waals surface area contributed by atoms with Crippen LogP contribution < -0.4 is 0 Å². The van der Waals surface area contributed by atoms with Crippen LogP contribution in [0.3, 0.4) is 0 Å². The van der Waals surface area contributed by atoms with Crippen LogP contribution in [0.5, 0.6) is 0 Å². The zero-order valence-corrected chi connectivity index (χ0v) is 47.0. The number of ether oxygens (including phenoxy) is 5. The fourth-order valence-electron chi connectivity index (χ4n) is 8.39. The van der Waals surface area contributed by atoms with Crippen LogP contribution in [0.15, 0.2) is 85.1 Å². The molecular weight excluding hydrogens is 949 g/mol. The van der Waals surface area contributed by atoms with Gasteiger partial charge in [0.25, 0.3) is 0 Å². The Bertz CT molecular complexity index is 1630. The summed E-state index contributed by atoms with van der Waals surface area (Å²) in [7, 11) is 0. The molecule has 0 amide bonds. The first kappa shape index (κ1) is 68.9. The van der Waals surface area contributed by atoms with Gasteiger partial charge in [-0.15, -0.1) is 0 Å². The number of carboxylic acid groups (broad SMARTS) is 1. The van der Waals surface area contributed by atoms with Crippen molar-refractivity contribution in [3.05, 3.63) is 85.1 Å². The average Bonchev–Trinajstić information content (AvgIpc) is 3.39. The second-order valence-corrected chi connectivity index (χ2v) is 19.9. The first-order valence-corrected chi connectivity index (χ1v) is 29.6. The molecule has 0 spiro atoms. The Kier molecular flexibility index (Phi) is 46.6. The summed E-state index contributed by atoms with van der Waals surface area (Å²) in [6, 6.07) is 0. The van der Waals surface area contributed by atoms with Gasteiger partial charge in [-0.25, -0.2) is 4.79 Å². The Morgan fingerprint density at radius 3 is 1.35 bits per heavy atom. The Morgan fingerprint density at radius 2 is 0.867 bits per heavy atom. The predicted molar refractivity (Wildman–Crippen MR) is 303 cm³/mol. The lowest BCUT2D eigenvalue weighted by Gasteiger charge is -2.40. The van der Waals surface area contributed by atoms with Crippen molar-refractivity contribution in [2.75, 3.05) is 13.2 Å². The van der Waals surface area contributed by atoms with Crippen LogP contribution in [0.2, 0.25) is 0 Å². The Hall–Kier alpha value is -4.10. The standard InChI is InChI=1S/C63H104O12/c1-4-7-10-13-16-19-22-25-26-27-28-29-30-33-36-39-42-45-48-51-57(66)74-61-59(68)58(67)60(62(69)70)75-63(61)72-53-54(73-56(65)50-47-44-41-38-35-32-24-21-18-15-12-9-6-3)52-71-55(64)49-46-43-40-37-34-31-23-20-17-14-11-8-5-2/h7,10-11,14,16,19-21,23-26,28-29,54,58-61,63,67-68H,4-6,8-9,12-13,15,17-18,22,27,30-53H2,1-3H3,(H,69,70)/b10-7-,14-11-,19-16-,23-20-,24-21-,26-25-,29-28-. The van der Waals surface area contributed by atoms with Gasteiger partial charge in [-0.3, -0.25) is 14.4 Å². The molecule has 0 aromatic rings. The van der Waals surface area contributed by atoms with E-state index in [4.69, 9.17) is 23.7 Å². The maximum Gasteiger partial charge on any atom is 0.335 e. The van der Waals surface area contributed by atoms with Crippen LogP contribution >= 0.6 is 0 Å². The summed E-state index contributed by atoms with van der Waals surface area (Å²) >= 11 is 0. The van der Waals surface area contributed by atoms with E-state index in [1.807, 2.05) is 0 Å². The van der Waals surface area contributed by atoms with Crippen molar-refractivity contribution in [2.45, 2.75) is 276 Å². The molecule has 0 bridgehead atoms. The molecule has 428 valence electrons. The highest BCUT2D eigenvalue weighted by Gasteiger charge is 2.50. The second-order valence-electron chi connectivity index (χ2n) is 19.9. The summed E-state index contributed by atoms with van der Waals surface area (Å²) in [6.07, 6.45) is 52.6. The Morgan fingerprint density at radius 1 is 0.453 bits per heavy atom. The van der Waals surface area contributed by atoms with Gasteiger partial charge >= 0.3 is 23.9 Å². The number of carboxylic acids is 1. The summed E-state index contributed by atoms with van der Waals surface area (Å²) in [4.78, 5) is 51.1. The number of rotatable bonds is 49. The Balaban J connectivity index is 2.69. The van der Waals surface area contributed by atoms with Crippen molar-refractivity contribution in [2.24, 2.45) is 0 Å². The zero-order valence-electron chi connectivity index (χ0n) is 47.0. The van der Waals surface area contributed by atoms with Gasteiger partial charge in [-0.2, -0.15) is 0 Å². The van der Waals surface area contributed by atoms with Gasteiger partial charge in [-0.05, 0) is 109 Å². The lowest BCUT2D eigenvalue weighted by Crippen LogP contribution is -2.61. The van der Waals surface area contributed by atoms with Gasteiger partial charge < -0.3 is 39.0 Å². The molecule has 1 heterocycles. The highest BCUT2D eigenvalue weighted by Crippen LogP contribution is 2.26. The number of allylic oxidation sites excluding steroid dienone is 14. The molecule has 3 N–H and O–H groups in total. The predicted octanol–water partition coefficient (Wildman–Crippen LogP) is 15.1. The number of esters is 3. The van der Waals surface area contributed by atoms with Crippen LogP contribution in [0.4, 0.5) is 0 Å². The number of aliphatic hydroxyl groups is 2. The highest BCUT2D eigenvalue weighted by atomic mass is 16.7. The Labute approximate surface area is 454 Å². The molecule has 1 aliphatic heterocycles. The van der Waals surface area contributed by atoms with Gasteiger partial charge in [-0.1, -0.05) is 196 Å². The molecule has 0 aromatic carbocycles. The van der Waals surface area contributed by atoms with E-state index in [1.54, 1.807) is 0 Å². The normalized spacial score (nSPS) is 18.8. The largest absolute Gasteiger partial charge is 0.479 e. The molecule has 1 fully saturated rings. The summed E-state index contributed by atoms with van der Waals surface area (Å²) in [5, 5.41) is 31.5. The minimum Gasteiger partial charge on any atom is -0.479 e. The van der Waals surface area contributed by atoms with E-state index in [-0.39, 0.29) is 25.9 Å². The van der Waals surface area contributed by atoms with Crippen LogP contribution in [0.25, 0.3) is 0 Å². The van der Waals surface area contributed by atoms with E-state index < -0.39 is 67.3 Å². The fraction of sp³-hybridized carbons (Fsp3) is 0.714. The number of aliphatic hydroxyl groups excluding tert-OH is 2. The van der Waals surface area contributed by atoms with E-state index in [0.717, 1.165) is 154 Å². The monoisotopic (exact) mass is 1050 g/mol. The second kappa shape index (κ2) is 50.7. The van der Waals surface area contributed by atoms with Crippen molar-refractivity contribution < 1.29 is 58.2 Å². The summed E-state index contributed by atoms with van der Waals surface area (Å²) in [5.74, 6) is -3.17. The third-order valence-corrected chi connectivity index (χ3v) is 12.9. The van der Waals surface area contributed by atoms with E-state index >= 15 is 0 Å². The van der Waals surface area contributed by atoms with Gasteiger partial charge in [0.2, 0.25) is 0 Å². The molecule has 1 aliphatic rings. The van der Waals surface area contributed by atoms with Crippen molar-refractivity contribution in [3.63, 3.8) is 0 Å². The minimum atomic E-state index is -1.91. The molecule has 6 unspecified atom stereocenters. The lowest BCUT2D eigenvalue weighted by molar-refractivity contribution is -0.301. The minimum absolute atomic E-state index is 0.0391. The maximum absolute atomic E-state index is 13.1. The molecule has 0 saturated carbocycles. The number of hydrogen-bond acceptors (Lipinski definition) is 11. The summed E-state index contributed by atoms with van der Waals surface area (Å²) < 4.78 is 28.4. The molecular formula is C63H104O12. The van der Waals surface area contributed by atoms with Gasteiger partial charge in [0.1, 0.15) is 18.8 Å². The van der Waals surface area contributed by atoms with Crippen molar-refractivity contribution in [1.82, 2.24) is 0 Å². The number of carbonyl (C=O) groups excluding carboxylic acids is 3. The molecule has 1 rings (SSSR count). The molecule has 12 heteroatoms. The third kappa shape index (κ3) is 40.8. The topological polar surface area (TPSA) is 175 Å². The molecule has 1 saturated heterocycles. The highest BCUT2D eigenvalue weighted by molar-refractivity contribution is 5.74. The zero-order chi connectivity index (χ0) is 54.7. The number of aliphatic carboxylic acids is 1. The SMILES string of the molecule is CC/C=C\C/C=C\C/C=C\C/C=C\CCCCCCCCC(=O)OC1C(OCC(COC(=O)CCCCCCC/C=C\C/C=C\CCC)OC(=O)CCCCCCC/C=C\CCCCCC)OC(C(=O)O)C(O)C1O. The number of carbonyl (C=O) groups is 4. The first-order valence-electron chi connectivity index (χ1n) is 29.6. The van der Waals surface area contributed by atoms with Gasteiger partial charge in [0.05, 0.1) is 6.61 Å². The summed E-state index contributed by atoms with van der Waals surface area (Å²) in [5.41, 5.74) is 0. The van der Waals surface area contributed by atoms with Crippen LogP contribution in [-0.4, -0.2) is 89.2 Å². The smallest absolute Gasteiger partial charge is 0.335 e. The fourth-order valence-corrected chi connectivity index (χ4v) is 8.39. The molecule has 0 aromatic heterocycles. The molecule has 0 aliphatic carbocycles. The molecule has 0 radical (unpaired) electrons. The van der Waals surface area contributed by atoms with Crippen molar-refractivity contribution >= 4 is 23.9 Å². The van der Waals surface area contributed by atoms with Crippen molar-refractivity contribution in [1.29, 1.82) is 0 Å². The van der Waals surface area contributed by atoms with Gasteiger partial charge in [0, 0.05) is 19.3 Å². The molecule has 12 nitrogen and oxygen atoms in total. The van der Waals surface area contributed by atoms with E-state index in [9.17, 15) is 34.5 Å². The quantitative estimate of drug-likeness (QED) is 0.0228. The van der Waals surface area contributed by atoms with Crippen LogP contribution in [-0.2, 0) is 42.9 Å². The lowest BCUT2D eigenvalue weighted by atomic mass is 9.98. The molecule has 75 heavy (non-hydrogen) atoms. The van der Waals surface area contributed by atoms with E-state index in [0.29, 0.717) is 19.3 Å².